The number of benzene rings is 3. The third kappa shape index (κ3) is 9.76. The number of carbonyl (C=O) groups is 5. The van der Waals surface area contributed by atoms with Crippen molar-refractivity contribution in [2.45, 2.75) is 25.1 Å². The SMILES string of the molecule is C=CC(=O)Nc1cccc(Nc2nc(Nc3ccc(N4CCN(CCOCCNc5cccc6c5C(=O)N(C5CCC(=O)NC5=O)C6=O)CC4)cc3OC)ncc2C(F)(F)F)c1. The van der Waals surface area contributed by atoms with Crippen LogP contribution in [-0.2, 0) is 25.3 Å². The highest BCUT2D eigenvalue weighted by atomic mass is 19.4. The molecule has 3 aliphatic heterocycles. The molecule has 0 spiro atoms. The van der Waals surface area contributed by atoms with Gasteiger partial charge in [-0.25, -0.2) is 4.98 Å². The highest BCUT2D eigenvalue weighted by Gasteiger charge is 2.45. The Morgan fingerprint density at radius 3 is 2.47 bits per heavy atom. The van der Waals surface area contributed by atoms with Crippen molar-refractivity contribution in [2.24, 2.45) is 0 Å². The van der Waals surface area contributed by atoms with Gasteiger partial charge in [0.05, 0.1) is 37.1 Å². The first kappa shape index (κ1) is 43.0. The molecule has 17 nitrogen and oxygen atoms in total. The Morgan fingerprint density at radius 2 is 1.73 bits per heavy atom. The fraction of sp³-hybridized carbons (Fsp3) is 0.310. The Hall–Kier alpha value is -7.06. The number of piperidine rings is 1. The van der Waals surface area contributed by atoms with Gasteiger partial charge >= 0.3 is 6.18 Å². The Labute approximate surface area is 353 Å². The van der Waals surface area contributed by atoms with Crippen LogP contribution in [0.4, 0.5) is 53.4 Å². The summed E-state index contributed by atoms with van der Waals surface area (Å²) >= 11 is 0. The van der Waals surface area contributed by atoms with Crippen molar-refractivity contribution >= 4 is 69.7 Å². The van der Waals surface area contributed by atoms with Crippen molar-refractivity contribution in [1.29, 1.82) is 0 Å². The lowest BCUT2D eigenvalue weighted by atomic mass is 10.0. The van der Waals surface area contributed by atoms with Gasteiger partial charge in [0.15, 0.2) is 0 Å². The van der Waals surface area contributed by atoms with Crippen LogP contribution in [0.2, 0.25) is 0 Å². The van der Waals surface area contributed by atoms with Crippen molar-refractivity contribution in [3.05, 3.63) is 96.2 Å². The van der Waals surface area contributed by atoms with E-state index in [-0.39, 0.29) is 35.6 Å². The normalized spacial score (nSPS) is 16.7. The molecule has 7 rings (SSSR count). The third-order valence-corrected chi connectivity index (χ3v) is 10.4. The summed E-state index contributed by atoms with van der Waals surface area (Å²) < 4.78 is 53.4. The number of imide groups is 2. The molecule has 4 aromatic rings. The fourth-order valence-electron chi connectivity index (χ4n) is 7.30. The van der Waals surface area contributed by atoms with Gasteiger partial charge in [-0.1, -0.05) is 18.7 Å². The van der Waals surface area contributed by atoms with E-state index in [1.54, 1.807) is 36.4 Å². The average molecular weight is 857 g/mol. The Morgan fingerprint density at radius 1 is 0.952 bits per heavy atom. The molecule has 5 N–H and O–H groups in total. The first-order valence-corrected chi connectivity index (χ1v) is 19.7. The number of alkyl halides is 3. The van der Waals surface area contributed by atoms with Crippen molar-refractivity contribution in [2.75, 3.05) is 85.8 Å². The smallest absolute Gasteiger partial charge is 0.421 e. The molecule has 3 aliphatic rings. The second-order valence-corrected chi connectivity index (χ2v) is 14.4. The van der Waals surface area contributed by atoms with E-state index in [2.05, 4.69) is 52.9 Å². The second-order valence-electron chi connectivity index (χ2n) is 14.4. The molecule has 2 saturated heterocycles. The standard InChI is InChI=1S/C42H43F3N10O7/c1-3-34(56)48-25-6-4-7-26(22-25)49-37-29(42(43,44)45)24-47-41(52-37)50-30-11-10-27(23-33(30)61-2)54-17-15-53(16-18-54)19-21-62-20-14-46-31-9-5-8-28-36(31)40(60)55(39(28)59)32-12-13-35(57)51-38(32)58/h3-11,22-24,32,46H,1,12-21H2,2H3,(H,48,56)(H,51,57,58)(H2,47,49,50,52). The quantitative estimate of drug-likeness (QED) is 0.0587. The Kier molecular flexibility index (Phi) is 13.0. The van der Waals surface area contributed by atoms with Gasteiger partial charge in [0.1, 0.15) is 23.2 Å². The van der Waals surface area contributed by atoms with Crippen LogP contribution in [0.25, 0.3) is 0 Å². The summed E-state index contributed by atoms with van der Waals surface area (Å²) in [7, 11) is 1.49. The van der Waals surface area contributed by atoms with Crippen molar-refractivity contribution < 1.29 is 46.6 Å². The molecule has 1 atom stereocenters. The zero-order valence-corrected chi connectivity index (χ0v) is 33.5. The number of nitrogens with zero attached hydrogens (tertiary/aromatic N) is 5. The minimum atomic E-state index is -4.76. The maximum atomic E-state index is 14.0. The van der Waals surface area contributed by atoms with E-state index in [1.165, 1.54) is 19.2 Å². The summed E-state index contributed by atoms with van der Waals surface area (Å²) in [5.74, 6) is -2.90. The van der Waals surface area contributed by atoms with Crippen LogP contribution in [0.5, 0.6) is 5.75 Å². The number of carbonyl (C=O) groups excluding carboxylic acids is 5. The summed E-state index contributed by atoms with van der Waals surface area (Å²) in [4.78, 5) is 75.6. The van der Waals surface area contributed by atoms with Gasteiger partial charge in [0.25, 0.3) is 11.8 Å². The molecular formula is C42H43F3N10O7. The maximum absolute atomic E-state index is 14.0. The first-order valence-electron chi connectivity index (χ1n) is 19.7. The van der Waals surface area contributed by atoms with Gasteiger partial charge < -0.3 is 35.6 Å². The number of aromatic nitrogens is 2. The number of rotatable bonds is 16. The van der Waals surface area contributed by atoms with E-state index >= 15 is 0 Å². The van der Waals surface area contributed by atoms with Crippen LogP contribution >= 0.6 is 0 Å². The lowest BCUT2D eigenvalue weighted by Gasteiger charge is -2.36. The number of methoxy groups -OCH3 is 1. The van der Waals surface area contributed by atoms with Crippen molar-refractivity contribution in [3.63, 3.8) is 0 Å². The molecule has 324 valence electrons. The summed E-state index contributed by atoms with van der Waals surface area (Å²) in [6, 6.07) is 15.4. The number of hydrogen-bond donors (Lipinski definition) is 5. The molecule has 1 unspecified atom stereocenters. The monoisotopic (exact) mass is 856 g/mol. The molecule has 20 heteroatoms. The zero-order valence-electron chi connectivity index (χ0n) is 33.5. The molecule has 0 bridgehead atoms. The summed E-state index contributed by atoms with van der Waals surface area (Å²) in [6.07, 6.45) is -2.87. The van der Waals surface area contributed by atoms with E-state index in [4.69, 9.17) is 9.47 Å². The molecule has 62 heavy (non-hydrogen) atoms. The van der Waals surface area contributed by atoms with Gasteiger partial charge in [-0.2, -0.15) is 18.2 Å². The van der Waals surface area contributed by atoms with E-state index in [1.807, 2.05) is 12.1 Å². The summed E-state index contributed by atoms with van der Waals surface area (Å²) in [5, 5.41) is 13.6. The van der Waals surface area contributed by atoms with E-state index < -0.39 is 53.1 Å². The van der Waals surface area contributed by atoms with Crippen molar-refractivity contribution in [1.82, 2.24) is 25.1 Å². The molecule has 0 saturated carbocycles. The number of ether oxygens (including phenoxy) is 2. The maximum Gasteiger partial charge on any atom is 0.421 e. The number of piperazine rings is 1. The summed E-state index contributed by atoms with van der Waals surface area (Å²) in [6.45, 7) is 8.22. The van der Waals surface area contributed by atoms with Crippen molar-refractivity contribution in [3.8, 4) is 5.75 Å². The molecule has 4 heterocycles. The van der Waals surface area contributed by atoms with Gasteiger partial charge in [-0.05, 0) is 55.0 Å². The number of anilines is 7. The van der Waals surface area contributed by atoms with Crippen LogP contribution in [-0.4, -0.2) is 115 Å². The van der Waals surface area contributed by atoms with Gasteiger partial charge in [0, 0.05) is 80.7 Å². The van der Waals surface area contributed by atoms with E-state index in [9.17, 15) is 37.1 Å². The topological polar surface area (TPSA) is 199 Å². The van der Waals surface area contributed by atoms with E-state index in [0.29, 0.717) is 68.4 Å². The van der Waals surface area contributed by atoms with Crippen LogP contribution in [0.15, 0.2) is 79.5 Å². The lowest BCUT2D eigenvalue weighted by Crippen LogP contribution is -2.54. The van der Waals surface area contributed by atoms with E-state index in [0.717, 1.165) is 29.8 Å². The summed E-state index contributed by atoms with van der Waals surface area (Å²) in [5.41, 5.74) is 1.69. The predicted molar refractivity (Wildman–Crippen MR) is 223 cm³/mol. The van der Waals surface area contributed by atoms with Gasteiger partial charge in [0.2, 0.25) is 23.7 Å². The van der Waals surface area contributed by atoms with Gasteiger partial charge in [-0.3, -0.25) is 39.1 Å². The minimum Gasteiger partial charge on any atom is -0.494 e. The van der Waals surface area contributed by atoms with Crippen LogP contribution in [0, 0.1) is 0 Å². The zero-order chi connectivity index (χ0) is 44.0. The van der Waals surface area contributed by atoms with Crippen LogP contribution in [0.1, 0.15) is 39.1 Å². The van der Waals surface area contributed by atoms with Gasteiger partial charge in [-0.15, -0.1) is 0 Å². The highest BCUT2D eigenvalue weighted by Crippen LogP contribution is 2.37. The molecule has 5 amide bonds. The number of fused-ring (bicyclic) bond motifs is 1. The Bertz CT molecular complexity index is 2390. The number of amides is 5. The largest absolute Gasteiger partial charge is 0.494 e. The molecule has 1 aromatic heterocycles. The lowest BCUT2D eigenvalue weighted by molar-refractivity contribution is -0.138. The number of halogens is 3. The molecule has 0 aliphatic carbocycles. The molecule has 0 radical (unpaired) electrons. The highest BCUT2D eigenvalue weighted by molar-refractivity contribution is 6.25. The number of hydrogen-bond acceptors (Lipinski definition) is 14. The molecule has 2 fully saturated rings. The second kappa shape index (κ2) is 18.7. The Balaban J connectivity index is 0.883. The fourth-order valence-corrected chi connectivity index (χ4v) is 7.30. The third-order valence-electron chi connectivity index (χ3n) is 10.4. The van der Waals surface area contributed by atoms with Crippen LogP contribution in [0.3, 0.4) is 0 Å². The first-order chi connectivity index (χ1) is 29.8. The van der Waals surface area contributed by atoms with Crippen LogP contribution < -0.4 is 36.2 Å². The molecular weight excluding hydrogens is 814 g/mol. The number of nitrogens with one attached hydrogen (secondary N) is 5. The average Bonchev–Trinajstić information content (AvgIpc) is 3.51. The minimum absolute atomic E-state index is 0.0420. The predicted octanol–water partition coefficient (Wildman–Crippen LogP) is 4.77. The molecule has 3 aromatic carbocycles.